The highest BCUT2D eigenvalue weighted by atomic mass is 79.9. The summed E-state index contributed by atoms with van der Waals surface area (Å²) >= 11 is 9.39. The first-order valence-electron chi connectivity index (χ1n) is 6.88. The average Bonchev–Trinajstić information content (AvgIpc) is 2.50. The van der Waals surface area contributed by atoms with Crippen LogP contribution in [-0.4, -0.2) is 36.1 Å². The van der Waals surface area contributed by atoms with Crippen molar-refractivity contribution in [2.24, 2.45) is 0 Å². The minimum Gasteiger partial charge on any atom is -0.368 e. The van der Waals surface area contributed by atoms with Gasteiger partial charge in [0.25, 0.3) is 0 Å². The van der Waals surface area contributed by atoms with Gasteiger partial charge in [0.1, 0.15) is 5.82 Å². The first-order chi connectivity index (χ1) is 10.1. The highest BCUT2D eigenvalue weighted by molar-refractivity contribution is 9.10. The van der Waals surface area contributed by atoms with E-state index in [-0.39, 0.29) is 5.28 Å². The van der Waals surface area contributed by atoms with Gasteiger partial charge in [-0.15, -0.1) is 0 Å². The highest BCUT2D eigenvalue weighted by Crippen LogP contribution is 2.26. The van der Waals surface area contributed by atoms with Crippen molar-refractivity contribution in [1.82, 2.24) is 9.97 Å². The number of aryl methyl sites for hydroxylation is 1. The fourth-order valence-electron chi connectivity index (χ4n) is 2.56. The fraction of sp³-hybridized carbons (Fsp3) is 0.333. The van der Waals surface area contributed by atoms with Crippen molar-refractivity contribution < 1.29 is 0 Å². The Bertz CT molecular complexity index is 641. The summed E-state index contributed by atoms with van der Waals surface area (Å²) in [6, 6.07) is 8.63. The van der Waals surface area contributed by atoms with E-state index >= 15 is 0 Å². The summed E-state index contributed by atoms with van der Waals surface area (Å²) in [5.41, 5.74) is 2.58. The molecule has 1 fully saturated rings. The lowest BCUT2D eigenvalue weighted by Crippen LogP contribution is -2.47. The summed E-state index contributed by atoms with van der Waals surface area (Å²) in [4.78, 5) is 12.9. The molecule has 110 valence electrons. The lowest BCUT2D eigenvalue weighted by Gasteiger charge is -2.37. The Balaban J connectivity index is 1.72. The lowest BCUT2D eigenvalue weighted by atomic mass is 10.2. The molecule has 0 saturated carbocycles. The van der Waals surface area contributed by atoms with Crippen LogP contribution in [0.15, 0.2) is 34.9 Å². The van der Waals surface area contributed by atoms with E-state index < -0.39 is 0 Å². The van der Waals surface area contributed by atoms with Crippen LogP contribution in [0.1, 0.15) is 5.56 Å². The topological polar surface area (TPSA) is 32.3 Å². The Morgan fingerprint density at radius 2 is 1.86 bits per heavy atom. The molecule has 21 heavy (non-hydrogen) atoms. The van der Waals surface area contributed by atoms with E-state index in [9.17, 15) is 0 Å². The smallest absolute Gasteiger partial charge is 0.224 e. The Labute approximate surface area is 137 Å². The van der Waals surface area contributed by atoms with E-state index in [1.165, 1.54) is 11.3 Å². The van der Waals surface area contributed by atoms with E-state index in [2.05, 4.69) is 66.9 Å². The molecule has 0 spiro atoms. The highest BCUT2D eigenvalue weighted by Gasteiger charge is 2.20. The molecule has 0 aliphatic carbocycles. The SMILES string of the molecule is Cc1cccc(N2CCN(c3nc(Cl)ncc3Br)CC2)c1. The number of rotatable bonds is 2. The first kappa shape index (κ1) is 14.6. The van der Waals surface area contributed by atoms with Gasteiger partial charge in [-0.3, -0.25) is 0 Å². The van der Waals surface area contributed by atoms with Crippen LogP contribution in [0.2, 0.25) is 5.28 Å². The zero-order valence-corrected chi connectivity index (χ0v) is 14.1. The van der Waals surface area contributed by atoms with Gasteiger partial charge in [0, 0.05) is 38.1 Å². The van der Waals surface area contributed by atoms with Gasteiger partial charge >= 0.3 is 0 Å². The molecule has 0 atom stereocenters. The van der Waals surface area contributed by atoms with Gasteiger partial charge in [0.05, 0.1) is 4.47 Å². The van der Waals surface area contributed by atoms with Crippen molar-refractivity contribution >= 4 is 39.0 Å². The van der Waals surface area contributed by atoms with Crippen molar-refractivity contribution in [2.45, 2.75) is 6.92 Å². The molecule has 0 bridgehead atoms. The summed E-state index contributed by atoms with van der Waals surface area (Å²) in [6.07, 6.45) is 1.71. The van der Waals surface area contributed by atoms with Crippen LogP contribution in [-0.2, 0) is 0 Å². The van der Waals surface area contributed by atoms with Crippen LogP contribution in [0.4, 0.5) is 11.5 Å². The number of benzene rings is 1. The Kier molecular flexibility index (Phi) is 4.31. The first-order valence-corrected chi connectivity index (χ1v) is 8.05. The average molecular weight is 368 g/mol. The molecule has 2 aromatic rings. The number of halogens is 2. The summed E-state index contributed by atoms with van der Waals surface area (Å²) in [6.45, 7) is 5.90. The quantitative estimate of drug-likeness (QED) is 0.760. The molecule has 4 nitrogen and oxygen atoms in total. The number of anilines is 2. The maximum atomic E-state index is 5.90. The van der Waals surface area contributed by atoms with Gasteiger partial charge in [-0.1, -0.05) is 12.1 Å². The van der Waals surface area contributed by atoms with Crippen LogP contribution >= 0.6 is 27.5 Å². The third-order valence-electron chi connectivity index (χ3n) is 3.64. The van der Waals surface area contributed by atoms with E-state index in [1.807, 2.05) is 0 Å². The molecule has 1 aromatic carbocycles. The number of aromatic nitrogens is 2. The van der Waals surface area contributed by atoms with Crippen molar-refractivity contribution in [2.75, 3.05) is 36.0 Å². The minimum absolute atomic E-state index is 0.286. The van der Waals surface area contributed by atoms with Crippen LogP contribution < -0.4 is 9.80 Å². The van der Waals surface area contributed by atoms with Crippen molar-refractivity contribution in [1.29, 1.82) is 0 Å². The predicted octanol–water partition coefficient (Wildman–Crippen LogP) is 3.53. The summed E-state index contributed by atoms with van der Waals surface area (Å²) in [5, 5.41) is 0.286. The minimum atomic E-state index is 0.286. The number of hydrogen-bond donors (Lipinski definition) is 0. The molecular weight excluding hydrogens is 352 g/mol. The maximum Gasteiger partial charge on any atom is 0.224 e. The third-order valence-corrected chi connectivity index (χ3v) is 4.38. The molecule has 0 N–H and O–H groups in total. The van der Waals surface area contributed by atoms with Gasteiger partial charge in [-0.05, 0) is 52.2 Å². The molecule has 1 aliphatic heterocycles. The second kappa shape index (κ2) is 6.20. The van der Waals surface area contributed by atoms with Crippen LogP contribution in [0.3, 0.4) is 0 Å². The van der Waals surface area contributed by atoms with E-state index in [0.29, 0.717) is 0 Å². The zero-order chi connectivity index (χ0) is 14.8. The lowest BCUT2D eigenvalue weighted by molar-refractivity contribution is 0.645. The summed E-state index contributed by atoms with van der Waals surface area (Å²) < 4.78 is 0.885. The third kappa shape index (κ3) is 3.30. The Morgan fingerprint density at radius 1 is 1.14 bits per heavy atom. The van der Waals surface area contributed by atoms with Crippen LogP contribution in [0.25, 0.3) is 0 Å². The van der Waals surface area contributed by atoms with Gasteiger partial charge in [-0.25, -0.2) is 4.98 Å². The molecule has 6 heteroatoms. The number of nitrogens with zero attached hydrogens (tertiary/aromatic N) is 4. The van der Waals surface area contributed by atoms with E-state index in [1.54, 1.807) is 6.20 Å². The van der Waals surface area contributed by atoms with Gasteiger partial charge in [-0.2, -0.15) is 4.98 Å². The molecule has 3 rings (SSSR count). The largest absolute Gasteiger partial charge is 0.368 e. The normalized spacial score (nSPS) is 15.4. The van der Waals surface area contributed by atoms with Gasteiger partial charge < -0.3 is 9.80 Å². The second-order valence-electron chi connectivity index (χ2n) is 5.12. The van der Waals surface area contributed by atoms with Gasteiger partial charge in [0.15, 0.2) is 0 Å². The Morgan fingerprint density at radius 3 is 2.57 bits per heavy atom. The fourth-order valence-corrected chi connectivity index (χ4v) is 3.13. The molecule has 0 radical (unpaired) electrons. The molecule has 2 heterocycles. The second-order valence-corrected chi connectivity index (χ2v) is 6.32. The van der Waals surface area contributed by atoms with Crippen molar-refractivity contribution in [3.8, 4) is 0 Å². The standard InChI is InChI=1S/C15H16BrClN4/c1-11-3-2-4-12(9-11)20-5-7-21(8-6-20)14-13(16)10-18-15(17)19-14/h2-4,9-10H,5-8H2,1H3. The number of piperazine rings is 1. The zero-order valence-electron chi connectivity index (χ0n) is 11.8. The van der Waals surface area contributed by atoms with Crippen molar-refractivity contribution in [3.63, 3.8) is 0 Å². The molecule has 1 aliphatic rings. The van der Waals surface area contributed by atoms with Crippen LogP contribution in [0, 0.1) is 6.92 Å². The van der Waals surface area contributed by atoms with Gasteiger partial charge in [0.2, 0.25) is 5.28 Å². The number of hydrogen-bond acceptors (Lipinski definition) is 4. The van der Waals surface area contributed by atoms with Crippen LogP contribution in [0.5, 0.6) is 0 Å². The molecule has 0 amide bonds. The summed E-state index contributed by atoms with van der Waals surface area (Å²) in [7, 11) is 0. The maximum absolute atomic E-state index is 5.90. The monoisotopic (exact) mass is 366 g/mol. The molecule has 1 aromatic heterocycles. The predicted molar refractivity (Wildman–Crippen MR) is 90.3 cm³/mol. The van der Waals surface area contributed by atoms with E-state index in [4.69, 9.17) is 11.6 Å². The van der Waals surface area contributed by atoms with E-state index in [0.717, 1.165) is 36.5 Å². The molecular formula is C15H16BrClN4. The van der Waals surface area contributed by atoms with Crippen molar-refractivity contribution in [3.05, 3.63) is 45.8 Å². The summed E-state index contributed by atoms with van der Waals surface area (Å²) in [5.74, 6) is 0.874. The molecule has 0 unspecified atom stereocenters. The molecule has 1 saturated heterocycles. The Hall–Kier alpha value is -1.33.